The summed E-state index contributed by atoms with van der Waals surface area (Å²) in [5.74, 6) is 0.914. The number of hydrogen-bond donors (Lipinski definition) is 1. The van der Waals surface area contributed by atoms with Crippen molar-refractivity contribution < 1.29 is 4.74 Å². The largest absolute Gasteiger partial charge is 0.494 e. The van der Waals surface area contributed by atoms with E-state index in [4.69, 9.17) is 10.5 Å². The zero-order valence-electron chi connectivity index (χ0n) is 11.4. The number of rotatable bonds is 6. The van der Waals surface area contributed by atoms with E-state index < -0.39 is 0 Å². The Kier molecular flexibility index (Phi) is 4.99. The van der Waals surface area contributed by atoms with E-state index in [-0.39, 0.29) is 6.04 Å². The molecule has 0 saturated heterocycles. The molecule has 100 valence electrons. The Bertz CT molecular complexity index is 476. The van der Waals surface area contributed by atoms with Gasteiger partial charge in [0.05, 0.1) is 6.61 Å². The number of nitrogens with two attached hydrogens (primary N) is 1. The lowest BCUT2D eigenvalue weighted by Crippen LogP contribution is -2.05. The van der Waals surface area contributed by atoms with E-state index in [1.165, 1.54) is 5.56 Å². The summed E-state index contributed by atoms with van der Waals surface area (Å²) in [6, 6.07) is 18.6. The van der Waals surface area contributed by atoms with E-state index in [1.807, 2.05) is 37.3 Å². The Morgan fingerprint density at radius 3 is 2.32 bits per heavy atom. The molecule has 19 heavy (non-hydrogen) atoms. The Morgan fingerprint density at radius 2 is 1.68 bits per heavy atom. The lowest BCUT2D eigenvalue weighted by molar-refractivity contribution is 0.311. The fourth-order valence-corrected chi connectivity index (χ4v) is 1.98. The van der Waals surface area contributed by atoms with Gasteiger partial charge in [-0.3, -0.25) is 0 Å². The first-order valence-corrected chi connectivity index (χ1v) is 6.78. The molecule has 2 heteroatoms. The summed E-state index contributed by atoms with van der Waals surface area (Å²) in [7, 11) is 0. The third-order valence-electron chi connectivity index (χ3n) is 3.13. The van der Waals surface area contributed by atoms with Gasteiger partial charge in [-0.25, -0.2) is 0 Å². The molecule has 0 aliphatic carbocycles. The molecule has 2 N–H and O–H groups in total. The van der Waals surface area contributed by atoms with Crippen LogP contribution in [0.1, 0.15) is 30.5 Å². The van der Waals surface area contributed by atoms with Gasteiger partial charge in [0.2, 0.25) is 0 Å². The summed E-state index contributed by atoms with van der Waals surface area (Å²) in [5.41, 5.74) is 8.30. The highest BCUT2D eigenvalue weighted by Gasteiger charge is 1.99. The standard InChI is InChI=1S/C17H21NO/c1-14(18)16-9-11-17(12-10-16)19-13-5-8-15-6-3-2-4-7-15/h2-4,6-7,9-12,14H,5,8,13,18H2,1H3/t14-/m1/s1. The molecule has 0 radical (unpaired) electrons. The molecule has 2 rings (SSSR count). The van der Waals surface area contributed by atoms with E-state index >= 15 is 0 Å². The summed E-state index contributed by atoms with van der Waals surface area (Å²) < 4.78 is 5.72. The van der Waals surface area contributed by atoms with Crippen molar-refractivity contribution in [1.29, 1.82) is 0 Å². The van der Waals surface area contributed by atoms with E-state index in [0.29, 0.717) is 0 Å². The van der Waals surface area contributed by atoms with Crippen molar-refractivity contribution in [3.63, 3.8) is 0 Å². The Labute approximate surface area is 115 Å². The summed E-state index contributed by atoms with van der Waals surface area (Å²) in [5, 5.41) is 0. The van der Waals surface area contributed by atoms with Crippen LogP contribution in [0.3, 0.4) is 0 Å². The van der Waals surface area contributed by atoms with E-state index in [2.05, 4.69) is 24.3 Å². The van der Waals surface area contributed by atoms with Crippen LogP contribution in [0.5, 0.6) is 5.75 Å². The van der Waals surface area contributed by atoms with E-state index in [0.717, 1.165) is 30.8 Å². The van der Waals surface area contributed by atoms with Crippen LogP contribution in [0, 0.1) is 0 Å². The normalized spacial score (nSPS) is 12.1. The van der Waals surface area contributed by atoms with Gasteiger partial charge >= 0.3 is 0 Å². The van der Waals surface area contributed by atoms with Crippen LogP contribution in [0.2, 0.25) is 0 Å². The SMILES string of the molecule is C[C@@H](N)c1ccc(OCCCc2ccccc2)cc1. The van der Waals surface area contributed by atoms with Crippen LogP contribution in [-0.4, -0.2) is 6.61 Å². The minimum atomic E-state index is 0.0760. The minimum Gasteiger partial charge on any atom is -0.494 e. The number of hydrogen-bond acceptors (Lipinski definition) is 2. The fraction of sp³-hybridized carbons (Fsp3) is 0.294. The molecule has 0 aromatic heterocycles. The molecule has 0 spiro atoms. The number of aryl methyl sites for hydroxylation is 1. The van der Waals surface area contributed by atoms with Gasteiger partial charge in [-0.05, 0) is 43.0 Å². The Morgan fingerprint density at radius 1 is 1.00 bits per heavy atom. The van der Waals surface area contributed by atoms with Crippen molar-refractivity contribution in [2.75, 3.05) is 6.61 Å². The first-order chi connectivity index (χ1) is 9.25. The molecule has 1 atom stereocenters. The Balaban J connectivity index is 1.74. The van der Waals surface area contributed by atoms with Crippen molar-refractivity contribution in [1.82, 2.24) is 0 Å². The molecule has 0 bridgehead atoms. The average molecular weight is 255 g/mol. The van der Waals surface area contributed by atoms with Crippen molar-refractivity contribution >= 4 is 0 Å². The maximum Gasteiger partial charge on any atom is 0.119 e. The molecular weight excluding hydrogens is 234 g/mol. The van der Waals surface area contributed by atoms with Crippen LogP contribution in [0.15, 0.2) is 54.6 Å². The van der Waals surface area contributed by atoms with Gasteiger partial charge in [-0.1, -0.05) is 42.5 Å². The van der Waals surface area contributed by atoms with Gasteiger partial charge in [0.25, 0.3) is 0 Å². The monoisotopic (exact) mass is 255 g/mol. The zero-order valence-corrected chi connectivity index (χ0v) is 11.4. The molecule has 2 nitrogen and oxygen atoms in total. The predicted molar refractivity (Wildman–Crippen MR) is 79.3 cm³/mol. The first-order valence-electron chi connectivity index (χ1n) is 6.78. The molecule has 0 aliphatic heterocycles. The van der Waals surface area contributed by atoms with Crippen LogP contribution in [0.25, 0.3) is 0 Å². The highest BCUT2D eigenvalue weighted by Crippen LogP contribution is 2.16. The second kappa shape index (κ2) is 6.95. The third kappa shape index (κ3) is 4.42. The highest BCUT2D eigenvalue weighted by atomic mass is 16.5. The summed E-state index contributed by atoms with van der Waals surface area (Å²) in [4.78, 5) is 0. The van der Waals surface area contributed by atoms with Gasteiger partial charge in [-0.15, -0.1) is 0 Å². The van der Waals surface area contributed by atoms with Gasteiger partial charge in [-0.2, -0.15) is 0 Å². The summed E-state index contributed by atoms with van der Waals surface area (Å²) >= 11 is 0. The van der Waals surface area contributed by atoms with Crippen molar-refractivity contribution in [2.45, 2.75) is 25.8 Å². The maximum atomic E-state index is 5.81. The van der Waals surface area contributed by atoms with E-state index in [9.17, 15) is 0 Å². The minimum absolute atomic E-state index is 0.0760. The van der Waals surface area contributed by atoms with Crippen molar-refractivity contribution in [3.05, 3.63) is 65.7 Å². The maximum absolute atomic E-state index is 5.81. The van der Waals surface area contributed by atoms with E-state index in [1.54, 1.807) is 0 Å². The smallest absolute Gasteiger partial charge is 0.119 e. The number of ether oxygens (including phenoxy) is 1. The van der Waals surface area contributed by atoms with Crippen molar-refractivity contribution in [3.8, 4) is 5.75 Å². The molecule has 0 fully saturated rings. The van der Waals surface area contributed by atoms with Gasteiger partial charge in [0.15, 0.2) is 0 Å². The molecule has 0 unspecified atom stereocenters. The average Bonchev–Trinajstić information content (AvgIpc) is 2.45. The van der Waals surface area contributed by atoms with Crippen LogP contribution >= 0.6 is 0 Å². The van der Waals surface area contributed by atoms with Crippen molar-refractivity contribution in [2.24, 2.45) is 5.73 Å². The molecule has 0 aliphatic rings. The van der Waals surface area contributed by atoms with Crippen LogP contribution in [-0.2, 0) is 6.42 Å². The molecular formula is C17H21NO. The lowest BCUT2D eigenvalue weighted by Gasteiger charge is -2.09. The van der Waals surface area contributed by atoms with Gasteiger partial charge in [0.1, 0.15) is 5.75 Å². The molecule has 2 aromatic rings. The molecule has 0 saturated carbocycles. The van der Waals surface area contributed by atoms with Crippen LogP contribution < -0.4 is 10.5 Å². The van der Waals surface area contributed by atoms with Gasteiger partial charge in [0, 0.05) is 6.04 Å². The molecule has 0 amide bonds. The molecule has 0 heterocycles. The van der Waals surface area contributed by atoms with Crippen LogP contribution in [0.4, 0.5) is 0 Å². The zero-order chi connectivity index (χ0) is 13.5. The fourth-order valence-electron chi connectivity index (χ4n) is 1.98. The summed E-state index contributed by atoms with van der Waals surface area (Å²) in [6.07, 6.45) is 2.08. The highest BCUT2D eigenvalue weighted by molar-refractivity contribution is 5.28. The topological polar surface area (TPSA) is 35.2 Å². The predicted octanol–water partition coefficient (Wildman–Crippen LogP) is 3.72. The molecule has 2 aromatic carbocycles. The van der Waals surface area contributed by atoms with Gasteiger partial charge < -0.3 is 10.5 Å². The summed E-state index contributed by atoms with van der Waals surface area (Å²) in [6.45, 7) is 2.72. The quantitative estimate of drug-likeness (QED) is 0.798. The third-order valence-corrected chi connectivity index (χ3v) is 3.13. The second-order valence-corrected chi connectivity index (χ2v) is 4.80. The lowest BCUT2D eigenvalue weighted by atomic mass is 10.1. The second-order valence-electron chi connectivity index (χ2n) is 4.80. The first kappa shape index (κ1) is 13.6. The Hall–Kier alpha value is -1.80. The number of benzene rings is 2.